The predicted octanol–water partition coefficient (Wildman–Crippen LogP) is 3.30. The Labute approximate surface area is 200 Å². The maximum Gasteiger partial charge on any atom is 0.260 e. The molecule has 0 atom stereocenters. The average molecular weight is 508 g/mol. The van der Waals surface area contributed by atoms with Gasteiger partial charge in [-0.25, -0.2) is 23.1 Å². The van der Waals surface area contributed by atoms with Gasteiger partial charge in [-0.05, 0) is 24.3 Å². The third kappa shape index (κ3) is 4.32. The van der Waals surface area contributed by atoms with Crippen LogP contribution in [0.25, 0.3) is 11.3 Å². The average Bonchev–Trinajstić information content (AvgIpc) is 3.39. The minimum Gasteiger partial charge on any atom is -0.477 e. The lowest BCUT2D eigenvalue weighted by atomic mass is 10.1. The zero-order valence-electron chi connectivity index (χ0n) is 18.4. The summed E-state index contributed by atoms with van der Waals surface area (Å²) in [7, 11) is 0. The zero-order valence-corrected chi connectivity index (χ0v) is 18.4. The standard InChI is InChI=1S/C23H17F5N4O4/c24-17-18(25)20(27)22(21(28)19(17)26)34-10-16(33)31-5-7-32(8-6-31)23-29-4-3-13(30-23)12-1-2-14-15(9-12)36-11-35-14/h1-4,9H,5-8,10-11H2. The second kappa shape index (κ2) is 9.47. The van der Waals surface area contributed by atoms with E-state index in [-0.39, 0.29) is 19.9 Å². The van der Waals surface area contributed by atoms with Gasteiger partial charge in [0, 0.05) is 37.9 Å². The van der Waals surface area contributed by atoms with Crippen molar-refractivity contribution in [2.75, 3.05) is 44.5 Å². The van der Waals surface area contributed by atoms with Gasteiger partial charge >= 0.3 is 0 Å². The van der Waals surface area contributed by atoms with Crippen molar-refractivity contribution in [2.45, 2.75) is 0 Å². The highest BCUT2D eigenvalue weighted by atomic mass is 19.2. The van der Waals surface area contributed by atoms with E-state index in [2.05, 4.69) is 14.7 Å². The highest BCUT2D eigenvalue weighted by molar-refractivity contribution is 5.78. The molecule has 2 aliphatic heterocycles. The minimum atomic E-state index is -2.30. The van der Waals surface area contributed by atoms with E-state index in [9.17, 15) is 26.7 Å². The van der Waals surface area contributed by atoms with Crippen LogP contribution in [0.4, 0.5) is 27.9 Å². The van der Waals surface area contributed by atoms with Gasteiger partial charge in [0.2, 0.25) is 41.8 Å². The van der Waals surface area contributed by atoms with Crippen LogP contribution in [0, 0.1) is 29.1 Å². The molecule has 0 N–H and O–H groups in total. The van der Waals surface area contributed by atoms with Gasteiger partial charge in [0.15, 0.2) is 23.9 Å². The number of fused-ring (bicyclic) bond motifs is 1. The molecule has 0 unspecified atom stereocenters. The summed E-state index contributed by atoms with van der Waals surface area (Å²) >= 11 is 0. The van der Waals surface area contributed by atoms with Crippen molar-refractivity contribution in [1.29, 1.82) is 0 Å². The van der Waals surface area contributed by atoms with Crippen molar-refractivity contribution in [2.24, 2.45) is 0 Å². The van der Waals surface area contributed by atoms with E-state index in [0.717, 1.165) is 5.56 Å². The van der Waals surface area contributed by atoms with Crippen molar-refractivity contribution < 1.29 is 41.0 Å². The largest absolute Gasteiger partial charge is 0.477 e. The van der Waals surface area contributed by atoms with Crippen LogP contribution >= 0.6 is 0 Å². The highest BCUT2D eigenvalue weighted by Crippen LogP contribution is 2.35. The number of carbonyl (C=O) groups excluding carboxylic acids is 1. The fraction of sp³-hybridized carbons (Fsp3) is 0.261. The van der Waals surface area contributed by atoms with Crippen LogP contribution in [0.1, 0.15) is 0 Å². The van der Waals surface area contributed by atoms with E-state index in [1.165, 1.54) is 4.90 Å². The number of benzene rings is 2. The van der Waals surface area contributed by atoms with E-state index in [1.807, 2.05) is 17.0 Å². The number of hydrogen-bond donors (Lipinski definition) is 0. The molecule has 1 amide bonds. The summed E-state index contributed by atoms with van der Waals surface area (Å²) in [5, 5.41) is 0. The van der Waals surface area contributed by atoms with Gasteiger partial charge in [0.1, 0.15) is 0 Å². The Morgan fingerprint density at radius 2 is 1.56 bits per heavy atom. The number of ether oxygens (including phenoxy) is 3. The van der Waals surface area contributed by atoms with Gasteiger partial charge in [-0.1, -0.05) is 0 Å². The molecule has 0 bridgehead atoms. The Hall–Kier alpha value is -4.16. The Morgan fingerprint density at radius 1 is 0.889 bits per heavy atom. The van der Waals surface area contributed by atoms with Crippen molar-refractivity contribution in [3.8, 4) is 28.5 Å². The summed E-state index contributed by atoms with van der Waals surface area (Å²) < 4.78 is 82.7. The number of nitrogens with zero attached hydrogens (tertiary/aromatic N) is 4. The molecule has 0 saturated carbocycles. The first-order chi connectivity index (χ1) is 17.3. The molecule has 8 nitrogen and oxygen atoms in total. The maximum atomic E-state index is 13.8. The highest BCUT2D eigenvalue weighted by Gasteiger charge is 2.29. The lowest BCUT2D eigenvalue weighted by Gasteiger charge is -2.34. The number of hydrogen-bond acceptors (Lipinski definition) is 7. The number of carbonyl (C=O) groups is 1. The molecule has 1 fully saturated rings. The van der Waals surface area contributed by atoms with Crippen LogP contribution < -0.4 is 19.1 Å². The summed E-state index contributed by atoms with van der Waals surface area (Å²) in [4.78, 5) is 24.5. The lowest BCUT2D eigenvalue weighted by Crippen LogP contribution is -2.50. The third-order valence-electron chi connectivity index (χ3n) is 5.74. The Morgan fingerprint density at radius 3 is 2.28 bits per heavy atom. The Kier molecular flexibility index (Phi) is 6.20. The van der Waals surface area contributed by atoms with E-state index in [1.54, 1.807) is 18.3 Å². The summed E-state index contributed by atoms with van der Waals surface area (Å²) in [6.45, 7) is 0.364. The fourth-order valence-electron chi connectivity index (χ4n) is 3.81. The summed E-state index contributed by atoms with van der Waals surface area (Å²) in [5.74, 6) is -11.3. The van der Waals surface area contributed by atoms with Gasteiger partial charge in [-0.3, -0.25) is 4.79 Å². The van der Waals surface area contributed by atoms with Crippen LogP contribution in [0.2, 0.25) is 0 Å². The smallest absolute Gasteiger partial charge is 0.260 e. The second-order valence-corrected chi connectivity index (χ2v) is 7.87. The molecule has 36 heavy (non-hydrogen) atoms. The maximum absolute atomic E-state index is 13.8. The van der Waals surface area contributed by atoms with E-state index in [0.29, 0.717) is 36.2 Å². The molecule has 2 aliphatic rings. The van der Waals surface area contributed by atoms with Crippen molar-refractivity contribution in [3.05, 3.63) is 59.5 Å². The zero-order chi connectivity index (χ0) is 25.4. The molecule has 0 spiro atoms. The molecule has 188 valence electrons. The van der Waals surface area contributed by atoms with Crippen LogP contribution in [0.3, 0.4) is 0 Å². The fourth-order valence-corrected chi connectivity index (χ4v) is 3.81. The van der Waals surface area contributed by atoms with E-state index in [4.69, 9.17) is 9.47 Å². The van der Waals surface area contributed by atoms with Crippen LogP contribution in [0.5, 0.6) is 17.2 Å². The number of halogens is 5. The first kappa shape index (κ1) is 23.6. The second-order valence-electron chi connectivity index (χ2n) is 7.87. The third-order valence-corrected chi connectivity index (χ3v) is 5.74. The molecule has 5 rings (SSSR count). The molecule has 0 aliphatic carbocycles. The van der Waals surface area contributed by atoms with E-state index < -0.39 is 47.3 Å². The number of piperazine rings is 1. The number of aromatic nitrogens is 2. The molecule has 3 aromatic rings. The molecule has 3 heterocycles. The normalized spacial score (nSPS) is 14.8. The van der Waals surface area contributed by atoms with Crippen LogP contribution in [0.15, 0.2) is 30.5 Å². The summed E-state index contributed by atoms with van der Waals surface area (Å²) in [5.41, 5.74) is 1.47. The summed E-state index contributed by atoms with van der Waals surface area (Å²) in [6.07, 6.45) is 1.61. The van der Waals surface area contributed by atoms with Gasteiger partial charge in [0.25, 0.3) is 5.91 Å². The van der Waals surface area contributed by atoms with E-state index >= 15 is 0 Å². The molecular weight excluding hydrogens is 491 g/mol. The quantitative estimate of drug-likeness (QED) is 0.298. The van der Waals surface area contributed by atoms with Crippen molar-refractivity contribution in [3.63, 3.8) is 0 Å². The minimum absolute atomic E-state index is 0.156. The van der Waals surface area contributed by atoms with Gasteiger partial charge in [-0.2, -0.15) is 8.78 Å². The number of amides is 1. The molecule has 2 aromatic carbocycles. The summed E-state index contributed by atoms with van der Waals surface area (Å²) in [6, 6.07) is 7.20. The molecule has 0 radical (unpaired) electrons. The Balaban J connectivity index is 1.21. The number of anilines is 1. The van der Waals surface area contributed by atoms with Gasteiger partial charge in [0.05, 0.1) is 5.69 Å². The van der Waals surface area contributed by atoms with Gasteiger partial charge < -0.3 is 24.0 Å². The first-order valence-electron chi connectivity index (χ1n) is 10.7. The van der Waals surface area contributed by atoms with Gasteiger partial charge in [-0.15, -0.1) is 0 Å². The van der Waals surface area contributed by atoms with Crippen molar-refractivity contribution >= 4 is 11.9 Å². The van der Waals surface area contributed by atoms with Crippen molar-refractivity contribution in [1.82, 2.24) is 14.9 Å². The molecule has 1 aromatic heterocycles. The SMILES string of the molecule is O=C(COc1c(F)c(F)c(F)c(F)c1F)N1CCN(c2nccc(-c3ccc4c(c3)OCO4)n2)CC1. The monoisotopic (exact) mass is 508 g/mol. The molecule has 1 saturated heterocycles. The molecular formula is C23H17F5N4O4. The Bertz CT molecular complexity index is 1310. The predicted molar refractivity (Wildman–Crippen MR) is 114 cm³/mol. The topological polar surface area (TPSA) is 77.0 Å². The number of rotatable bonds is 5. The molecule has 13 heteroatoms. The van der Waals surface area contributed by atoms with Crippen LogP contribution in [-0.2, 0) is 4.79 Å². The van der Waals surface area contributed by atoms with Crippen LogP contribution in [-0.4, -0.2) is 60.4 Å². The first-order valence-corrected chi connectivity index (χ1v) is 10.7. The lowest BCUT2D eigenvalue weighted by molar-refractivity contribution is -0.133.